The summed E-state index contributed by atoms with van der Waals surface area (Å²) in [5.74, 6) is -1.47. The molecule has 0 bridgehead atoms. The summed E-state index contributed by atoms with van der Waals surface area (Å²) in [6.07, 6.45) is 0. The highest BCUT2D eigenvalue weighted by atomic mass is 16.5. The lowest BCUT2D eigenvalue weighted by Crippen LogP contribution is -2.70. The number of carbonyl (C=O) groups excluding carboxylic acids is 2. The lowest BCUT2D eigenvalue weighted by atomic mass is 10.1. The van der Waals surface area contributed by atoms with Gasteiger partial charge in [-0.05, 0) is 19.7 Å². The standard InChI is InChI=1S/C22H28N4O5/c1-15(27)30-19-13-18-20(12-17(19)23-2)31-22(24-3,25-4)21(28)26(18)10-11-29-14-16-8-6-5-7-9-16/h5-9,12-13,23-25H,10-11,14H2,1-4H3. The van der Waals surface area contributed by atoms with Gasteiger partial charge in [0.1, 0.15) is 5.75 Å². The molecule has 1 heterocycles. The SMILES string of the molecule is CNc1cc2c(cc1OC(C)=O)N(CCOCc1ccccc1)C(=O)C(NC)(NC)O2. The van der Waals surface area contributed by atoms with Crippen molar-refractivity contribution in [2.75, 3.05) is 44.5 Å². The molecule has 0 spiro atoms. The van der Waals surface area contributed by atoms with Crippen molar-refractivity contribution >= 4 is 23.3 Å². The Morgan fingerprint density at radius 3 is 2.45 bits per heavy atom. The van der Waals surface area contributed by atoms with Crippen LogP contribution in [0.2, 0.25) is 0 Å². The fraction of sp³-hybridized carbons (Fsp3) is 0.364. The minimum Gasteiger partial charge on any atom is -0.448 e. The van der Waals surface area contributed by atoms with E-state index in [2.05, 4.69) is 16.0 Å². The third-order valence-electron chi connectivity index (χ3n) is 4.96. The quantitative estimate of drug-likeness (QED) is 0.240. The van der Waals surface area contributed by atoms with Crippen LogP contribution >= 0.6 is 0 Å². The van der Waals surface area contributed by atoms with E-state index in [1.165, 1.54) is 6.92 Å². The Bertz CT molecular complexity index is 931. The smallest absolute Gasteiger partial charge is 0.308 e. The number of rotatable bonds is 9. The molecular formula is C22H28N4O5. The van der Waals surface area contributed by atoms with Gasteiger partial charge in [-0.25, -0.2) is 0 Å². The number of nitrogens with one attached hydrogen (secondary N) is 3. The van der Waals surface area contributed by atoms with Crippen LogP contribution in [0.1, 0.15) is 12.5 Å². The molecule has 1 amide bonds. The number of ether oxygens (including phenoxy) is 3. The minimum atomic E-state index is -1.43. The predicted octanol–water partition coefficient (Wildman–Crippen LogP) is 1.69. The zero-order valence-corrected chi connectivity index (χ0v) is 18.2. The van der Waals surface area contributed by atoms with Gasteiger partial charge >= 0.3 is 11.9 Å². The van der Waals surface area contributed by atoms with Gasteiger partial charge in [0.05, 0.1) is 24.6 Å². The van der Waals surface area contributed by atoms with E-state index in [1.54, 1.807) is 38.2 Å². The van der Waals surface area contributed by atoms with Crippen LogP contribution in [0.25, 0.3) is 0 Å². The topological polar surface area (TPSA) is 101 Å². The summed E-state index contributed by atoms with van der Waals surface area (Å²) >= 11 is 0. The zero-order chi connectivity index (χ0) is 22.4. The summed E-state index contributed by atoms with van der Waals surface area (Å²) in [6, 6.07) is 13.1. The Kier molecular flexibility index (Phi) is 7.11. The number of esters is 1. The predicted molar refractivity (Wildman–Crippen MR) is 117 cm³/mol. The summed E-state index contributed by atoms with van der Waals surface area (Å²) < 4.78 is 17.1. The molecule has 0 fully saturated rings. The molecule has 1 aliphatic heterocycles. The molecule has 9 heteroatoms. The maximum atomic E-state index is 13.3. The molecular weight excluding hydrogens is 400 g/mol. The van der Waals surface area contributed by atoms with E-state index >= 15 is 0 Å². The van der Waals surface area contributed by atoms with Gasteiger partial charge in [-0.1, -0.05) is 30.3 Å². The molecule has 0 radical (unpaired) electrons. The Balaban J connectivity index is 1.88. The van der Waals surface area contributed by atoms with Crippen LogP contribution in [0.5, 0.6) is 11.5 Å². The van der Waals surface area contributed by atoms with E-state index in [-0.39, 0.29) is 12.5 Å². The number of hydrogen-bond donors (Lipinski definition) is 3. The second-order valence-corrected chi connectivity index (χ2v) is 6.94. The molecule has 31 heavy (non-hydrogen) atoms. The van der Waals surface area contributed by atoms with Crippen LogP contribution in [0.3, 0.4) is 0 Å². The minimum absolute atomic E-state index is 0.283. The summed E-state index contributed by atoms with van der Waals surface area (Å²) in [5, 5.41) is 8.82. The Morgan fingerprint density at radius 2 is 1.84 bits per heavy atom. The first-order valence-electron chi connectivity index (χ1n) is 9.98. The number of likely N-dealkylation sites (N-methyl/N-ethyl adjacent to an activating group) is 2. The summed E-state index contributed by atoms with van der Waals surface area (Å²) in [7, 11) is 4.98. The molecule has 9 nitrogen and oxygen atoms in total. The molecule has 2 aromatic carbocycles. The maximum Gasteiger partial charge on any atom is 0.308 e. The van der Waals surface area contributed by atoms with Gasteiger partial charge in [0, 0.05) is 32.6 Å². The Morgan fingerprint density at radius 1 is 1.13 bits per heavy atom. The van der Waals surface area contributed by atoms with Gasteiger partial charge in [0.2, 0.25) is 0 Å². The maximum absolute atomic E-state index is 13.3. The Hall–Kier alpha value is -3.14. The van der Waals surface area contributed by atoms with Gasteiger partial charge in [-0.2, -0.15) is 0 Å². The molecule has 0 saturated heterocycles. The lowest BCUT2D eigenvalue weighted by molar-refractivity contribution is -0.141. The molecule has 0 saturated carbocycles. The van der Waals surface area contributed by atoms with Gasteiger partial charge in [-0.3, -0.25) is 20.2 Å². The van der Waals surface area contributed by atoms with Crippen LogP contribution in [0.15, 0.2) is 42.5 Å². The largest absolute Gasteiger partial charge is 0.448 e. The number of benzene rings is 2. The molecule has 3 rings (SSSR count). The van der Waals surface area contributed by atoms with Gasteiger partial charge in [0.15, 0.2) is 5.75 Å². The molecule has 2 aromatic rings. The second-order valence-electron chi connectivity index (χ2n) is 6.94. The van der Waals surface area contributed by atoms with Crippen molar-refractivity contribution in [2.24, 2.45) is 0 Å². The number of nitrogens with zero attached hydrogens (tertiary/aromatic N) is 1. The van der Waals surface area contributed by atoms with Crippen LogP contribution < -0.4 is 30.3 Å². The fourth-order valence-electron chi connectivity index (χ4n) is 3.37. The van der Waals surface area contributed by atoms with E-state index in [0.29, 0.717) is 36.1 Å². The third-order valence-corrected chi connectivity index (χ3v) is 4.96. The number of amides is 1. The van der Waals surface area contributed by atoms with Gasteiger partial charge in [0.25, 0.3) is 5.85 Å². The van der Waals surface area contributed by atoms with Crippen molar-refractivity contribution in [1.29, 1.82) is 0 Å². The Labute approximate surface area is 181 Å². The van der Waals surface area contributed by atoms with E-state index in [0.717, 1.165) is 5.56 Å². The zero-order valence-electron chi connectivity index (χ0n) is 18.2. The van der Waals surface area contributed by atoms with Crippen LogP contribution in [0.4, 0.5) is 11.4 Å². The average Bonchev–Trinajstić information content (AvgIpc) is 2.78. The molecule has 0 atom stereocenters. The first-order chi connectivity index (χ1) is 14.9. The van der Waals surface area contributed by atoms with E-state index in [4.69, 9.17) is 14.2 Å². The highest BCUT2D eigenvalue weighted by Gasteiger charge is 2.47. The van der Waals surface area contributed by atoms with Gasteiger partial charge < -0.3 is 24.4 Å². The van der Waals surface area contributed by atoms with E-state index < -0.39 is 11.8 Å². The molecule has 166 valence electrons. The van der Waals surface area contributed by atoms with Crippen molar-refractivity contribution in [1.82, 2.24) is 10.6 Å². The second kappa shape index (κ2) is 9.78. The number of hydrogen-bond acceptors (Lipinski definition) is 8. The summed E-state index contributed by atoms with van der Waals surface area (Å²) in [4.78, 5) is 26.4. The first kappa shape index (κ1) is 22.5. The normalized spacial score (nSPS) is 14.6. The number of anilines is 2. The van der Waals surface area contributed by atoms with Crippen LogP contribution in [-0.4, -0.2) is 52.0 Å². The van der Waals surface area contributed by atoms with E-state index in [9.17, 15) is 9.59 Å². The highest BCUT2D eigenvalue weighted by Crippen LogP contribution is 2.43. The van der Waals surface area contributed by atoms with Gasteiger partial charge in [-0.15, -0.1) is 0 Å². The molecule has 1 aliphatic rings. The van der Waals surface area contributed by atoms with Crippen molar-refractivity contribution in [2.45, 2.75) is 19.4 Å². The fourth-order valence-corrected chi connectivity index (χ4v) is 3.37. The summed E-state index contributed by atoms with van der Waals surface area (Å²) in [6.45, 7) is 2.35. The van der Waals surface area contributed by atoms with Crippen LogP contribution in [-0.2, 0) is 20.9 Å². The van der Waals surface area contributed by atoms with Crippen molar-refractivity contribution < 1.29 is 23.8 Å². The lowest BCUT2D eigenvalue weighted by Gasteiger charge is -2.42. The van der Waals surface area contributed by atoms with Crippen LogP contribution in [0, 0.1) is 0 Å². The number of fused-ring (bicyclic) bond motifs is 1. The molecule has 0 aromatic heterocycles. The third kappa shape index (κ3) is 4.79. The monoisotopic (exact) mass is 428 g/mol. The number of carbonyl (C=O) groups is 2. The average molecular weight is 428 g/mol. The first-order valence-corrected chi connectivity index (χ1v) is 9.98. The van der Waals surface area contributed by atoms with Crippen molar-refractivity contribution in [3.63, 3.8) is 0 Å². The highest BCUT2D eigenvalue weighted by molar-refractivity contribution is 6.03. The molecule has 0 aliphatic carbocycles. The molecule has 0 unspecified atom stereocenters. The molecule has 3 N–H and O–H groups in total. The van der Waals surface area contributed by atoms with Crippen molar-refractivity contribution in [3.05, 3.63) is 48.0 Å². The van der Waals surface area contributed by atoms with Crippen molar-refractivity contribution in [3.8, 4) is 11.5 Å². The summed E-state index contributed by atoms with van der Waals surface area (Å²) in [5.41, 5.74) is 2.10. The van der Waals surface area contributed by atoms with E-state index in [1.807, 2.05) is 30.3 Å².